The van der Waals surface area contributed by atoms with Crippen molar-refractivity contribution in [3.8, 4) is 0 Å². The van der Waals surface area contributed by atoms with Crippen molar-refractivity contribution in [1.82, 2.24) is 15.2 Å². The van der Waals surface area contributed by atoms with E-state index in [0.29, 0.717) is 24.5 Å². The first kappa shape index (κ1) is 18.8. The molecular formula is C20H21ClFN5O. The number of nitrogens with zero attached hydrogens (tertiary/aromatic N) is 4. The van der Waals surface area contributed by atoms with E-state index in [9.17, 15) is 9.50 Å². The molecule has 0 saturated carbocycles. The Hall–Kier alpha value is -2.51. The number of aliphatic hydroxyl groups is 1. The predicted octanol–water partition coefficient (Wildman–Crippen LogP) is 3.87. The van der Waals surface area contributed by atoms with Crippen molar-refractivity contribution in [3.63, 3.8) is 0 Å². The Morgan fingerprint density at radius 2 is 2.07 bits per heavy atom. The van der Waals surface area contributed by atoms with Crippen LogP contribution < -0.4 is 10.2 Å². The number of pyridine rings is 1. The molecule has 146 valence electrons. The van der Waals surface area contributed by atoms with Crippen molar-refractivity contribution in [2.75, 3.05) is 23.3 Å². The molecule has 1 aliphatic rings. The number of nitrogens with one attached hydrogen (secondary N) is 1. The van der Waals surface area contributed by atoms with Crippen LogP contribution in [0.15, 0.2) is 30.5 Å². The van der Waals surface area contributed by atoms with Crippen molar-refractivity contribution in [2.45, 2.75) is 32.4 Å². The molecule has 28 heavy (non-hydrogen) atoms. The van der Waals surface area contributed by atoms with Gasteiger partial charge in [-0.15, -0.1) is 5.10 Å². The molecular weight excluding hydrogens is 381 g/mol. The summed E-state index contributed by atoms with van der Waals surface area (Å²) < 4.78 is 13.8. The summed E-state index contributed by atoms with van der Waals surface area (Å²) in [6.07, 6.45) is 1.78. The molecule has 1 saturated heterocycles. The predicted molar refractivity (Wildman–Crippen MR) is 108 cm³/mol. The zero-order valence-electron chi connectivity index (χ0n) is 15.9. The molecule has 4 rings (SSSR count). The van der Waals surface area contributed by atoms with E-state index in [4.69, 9.17) is 11.6 Å². The van der Waals surface area contributed by atoms with E-state index in [1.165, 1.54) is 6.07 Å². The number of rotatable bonds is 4. The fourth-order valence-electron chi connectivity index (χ4n) is 3.52. The molecule has 3 heterocycles. The molecule has 2 N–H and O–H groups in total. The highest BCUT2D eigenvalue weighted by Crippen LogP contribution is 2.33. The van der Waals surface area contributed by atoms with Crippen molar-refractivity contribution < 1.29 is 9.50 Å². The van der Waals surface area contributed by atoms with Gasteiger partial charge in [0.1, 0.15) is 5.82 Å². The Kier molecular flexibility index (Phi) is 4.59. The number of halogens is 2. The monoisotopic (exact) mass is 401 g/mol. The Morgan fingerprint density at radius 1 is 1.32 bits per heavy atom. The second-order valence-electron chi connectivity index (χ2n) is 7.59. The van der Waals surface area contributed by atoms with Gasteiger partial charge in [0.2, 0.25) is 0 Å². The molecule has 1 atom stereocenters. The number of β-amino-alcohol motifs (C(OH)–C–C–N with tert-alkyl or cyclic N) is 1. The number of aryl methyl sites for hydroxylation is 1. The van der Waals surface area contributed by atoms with E-state index in [0.717, 1.165) is 22.3 Å². The van der Waals surface area contributed by atoms with Crippen LogP contribution in [0.1, 0.15) is 31.1 Å². The molecule has 0 radical (unpaired) electrons. The Labute approximate surface area is 167 Å². The van der Waals surface area contributed by atoms with Crippen LogP contribution in [-0.4, -0.2) is 39.0 Å². The van der Waals surface area contributed by atoms with Crippen molar-refractivity contribution >= 4 is 34.0 Å². The van der Waals surface area contributed by atoms with Crippen molar-refractivity contribution in [1.29, 1.82) is 0 Å². The van der Waals surface area contributed by atoms with Crippen LogP contribution in [0.5, 0.6) is 0 Å². The number of anilines is 2. The third kappa shape index (κ3) is 3.36. The molecule has 8 heteroatoms. The van der Waals surface area contributed by atoms with Gasteiger partial charge in [-0.25, -0.2) is 4.39 Å². The molecule has 1 aromatic carbocycles. The molecule has 3 aromatic rings. The highest BCUT2D eigenvalue weighted by Gasteiger charge is 2.36. The highest BCUT2D eigenvalue weighted by atomic mass is 35.5. The quantitative estimate of drug-likeness (QED) is 0.691. The summed E-state index contributed by atoms with van der Waals surface area (Å²) in [7, 11) is 0. The average Bonchev–Trinajstić information content (AvgIpc) is 2.64. The lowest BCUT2D eigenvalue weighted by Crippen LogP contribution is -2.60. The number of aromatic nitrogens is 3. The molecule has 0 unspecified atom stereocenters. The molecule has 1 aliphatic heterocycles. The van der Waals surface area contributed by atoms with E-state index in [2.05, 4.69) is 25.4 Å². The minimum atomic E-state index is -0.676. The van der Waals surface area contributed by atoms with E-state index >= 15 is 0 Å². The number of hydrogen-bond acceptors (Lipinski definition) is 6. The summed E-state index contributed by atoms with van der Waals surface area (Å²) >= 11 is 6.12. The van der Waals surface area contributed by atoms with Crippen LogP contribution in [0.3, 0.4) is 0 Å². The number of hydrogen-bond donors (Lipinski definition) is 2. The van der Waals surface area contributed by atoms with Crippen LogP contribution in [0.2, 0.25) is 5.02 Å². The molecule has 0 amide bonds. The maximum atomic E-state index is 13.8. The summed E-state index contributed by atoms with van der Waals surface area (Å²) in [5, 5.41) is 22.7. The smallest absolute Gasteiger partial charge is 0.158 e. The fraction of sp³-hybridized carbons (Fsp3) is 0.350. The first-order valence-electron chi connectivity index (χ1n) is 9.06. The molecule has 0 aliphatic carbocycles. The molecule has 1 fully saturated rings. The molecule has 0 bridgehead atoms. The van der Waals surface area contributed by atoms with E-state index in [-0.39, 0.29) is 11.1 Å². The highest BCUT2D eigenvalue weighted by molar-refractivity contribution is 6.31. The Bertz CT molecular complexity index is 1050. The van der Waals surface area contributed by atoms with Crippen molar-refractivity contribution in [2.24, 2.45) is 0 Å². The summed E-state index contributed by atoms with van der Waals surface area (Å²) in [4.78, 5) is 6.61. The third-order valence-corrected chi connectivity index (χ3v) is 5.40. The SMILES string of the molecule is Cc1nnc(N[C@H](C)c2cccc(F)c2Cl)c2cc(N3CC(C)(O)C3)cnc12. The second-order valence-corrected chi connectivity index (χ2v) is 7.96. The third-order valence-electron chi connectivity index (χ3n) is 5.00. The maximum absolute atomic E-state index is 13.8. The largest absolute Gasteiger partial charge is 0.386 e. The van der Waals surface area contributed by atoms with Gasteiger partial charge in [-0.1, -0.05) is 23.7 Å². The number of benzene rings is 1. The Balaban J connectivity index is 1.70. The number of fused-ring (bicyclic) bond motifs is 1. The van der Waals surface area contributed by atoms with Gasteiger partial charge in [-0.3, -0.25) is 4.98 Å². The van der Waals surface area contributed by atoms with E-state index in [1.807, 2.05) is 26.8 Å². The van der Waals surface area contributed by atoms with Gasteiger partial charge in [-0.05, 0) is 38.5 Å². The standard InChI is InChI=1S/C20H21ClFN5O/c1-11(14-5-4-6-16(22)17(14)21)24-19-15-7-13(27-9-20(3,28)10-27)8-23-18(15)12(2)25-26-19/h4-8,11,28H,9-10H2,1-3H3,(H,24,26)/t11-/m1/s1. The molecule has 2 aromatic heterocycles. The minimum absolute atomic E-state index is 0.0912. The van der Waals surface area contributed by atoms with Gasteiger partial charge in [0.25, 0.3) is 0 Å². The minimum Gasteiger partial charge on any atom is -0.386 e. The summed E-state index contributed by atoms with van der Waals surface area (Å²) in [5.74, 6) is 0.0940. The summed E-state index contributed by atoms with van der Waals surface area (Å²) in [5.41, 5.74) is 2.33. The molecule has 6 nitrogen and oxygen atoms in total. The van der Waals surface area contributed by atoms with Gasteiger partial charge >= 0.3 is 0 Å². The van der Waals surface area contributed by atoms with Crippen molar-refractivity contribution in [3.05, 3.63) is 52.6 Å². The molecule has 0 spiro atoms. The lowest BCUT2D eigenvalue weighted by molar-refractivity contribution is 0.0310. The van der Waals surface area contributed by atoms with Crippen LogP contribution in [0.25, 0.3) is 10.9 Å². The van der Waals surface area contributed by atoms with Gasteiger partial charge in [-0.2, -0.15) is 5.10 Å². The van der Waals surface area contributed by atoms with Gasteiger partial charge in [0, 0.05) is 18.5 Å². The second kappa shape index (κ2) is 6.83. The first-order chi connectivity index (χ1) is 13.2. The summed E-state index contributed by atoms with van der Waals surface area (Å²) in [6.45, 7) is 6.65. The maximum Gasteiger partial charge on any atom is 0.158 e. The van der Waals surface area contributed by atoms with Gasteiger partial charge < -0.3 is 15.3 Å². The van der Waals surface area contributed by atoms with Crippen LogP contribution in [0.4, 0.5) is 15.9 Å². The fourth-order valence-corrected chi connectivity index (χ4v) is 3.81. The topological polar surface area (TPSA) is 74.2 Å². The van der Waals surface area contributed by atoms with Crippen LogP contribution in [0, 0.1) is 12.7 Å². The summed E-state index contributed by atoms with van der Waals surface area (Å²) in [6, 6.07) is 6.44. The average molecular weight is 402 g/mol. The first-order valence-corrected chi connectivity index (χ1v) is 9.44. The van der Waals surface area contributed by atoms with Gasteiger partial charge in [0.15, 0.2) is 5.82 Å². The van der Waals surface area contributed by atoms with E-state index < -0.39 is 11.4 Å². The van der Waals surface area contributed by atoms with E-state index in [1.54, 1.807) is 18.3 Å². The zero-order valence-corrected chi connectivity index (χ0v) is 16.6. The van der Waals surface area contributed by atoms with Gasteiger partial charge in [0.05, 0.1) is 39.8 Å². The lowest BCUT2D eigenvalue weighted by Gasteiger charge is -2.45. The Morgan fingerprint density at radius 3 is 2.79 bits per heavy atom. The van der Waals surface area contributed by atoms with Crippen LogP contribution >= 0.6 is 11.6 Å². The lowest BCUT2D eigenvalue weighted by atomic mass is 9.96. The normalized spacial score (nSPS) is 16.7. The van der Waals surface area contributed by atoms with Crippen LogP contribution in [-0.2, 0) is 0 Å². The zero-order chi connectivity index (χ0) is 20.1.